The van der Waals surface area contributed by atoms with Gasteiger partial charge in [0.05, 0.1) is 39.0 Å². The molecule has 0 aliphatic heterocycles. The summed E-state index contributed by atoms with van der Waals surface area (Å²) >= 11 is 0. The van der Waals surface area contributed by atoms with Crippen molar-refractivity contribution in [1.82, 2.24) is 19.1 Å². The molecule has 0 atom stereocenters. The first-order chi connectivity index (χ1) is 26.3. The molecule has 0 bridgehead atoms. The Morgan fingerprint density at radius 1 is 0.396 bits per heavy atom. The van der Waals surface area contributed by atoms with Gasteiger partial charge in [-0.05, 0) is 41.8 Å². The lowest BCUT2D eigenvalue weighted by Gasteiger charge is -2.15. The standard InChI is InChI=1S/C48H28N4O/c1-2-14-30(15-3-1)45-34-19-6-9-21-37(34)49-48(50-45)52-40-27-28-42-44(35-20-8-11-24-41(35)53-42)43(40)36-26-25-33-32-18-7-10-22-39(32)51(46(33)47(36)52)38-23-12-16-29-13-4-5-17-31(29)38/h1-28H. The predicted octanol–water partition coefficient (Wildman–Crippen LogP) is 12.5. The summed E-state index contributed by atoms with van der Waals surface area (Å²) in [6, 6.07) is 59.9. The van der Waals surface area contributed by atoms with Gasteiger partial charge in [0.1, 0.15) is 11.2 Å². The molecule has 0 aliphatic rings. The van der Waals surface area contributed by atoms with Crippen LogP contribution in [0.5, 0.6) is 0 Å². The van der Waals surface area contributed by atoms with Gasteiger partial charge < -0.3 is 8.98 Å². The molecule has 0 N–H and O–H groups in total. The molecule has 4 aromatic heterocycles. The number of fused-ring (bicyclic) bond motifs is 13. The first-order valence-electron chi connectivity index (χ1n) is 17.9. The van der Waals surface area contributed by atoms with Crippen molar-refractivity contribution in [3.05, 3.63) is 170 Å². The monoisotopic (exact) mass is 676 g/mol. The molecule has 12 rings (SSSR count). The number of benzene rings is 8. The van der Waals surface area contributed by atoms with Gasteiger partial charge in [0.2, 0.25) is 5.95 Å². The second-order valence-corrected chi connectivity index (χ2v) is 13.7. The first kappa shape index (κ1) is 28.5. The van der Waals surface area contributed by atoms with Gasteiger partial charge in [-0.2, -0.15) is 0 Å². The second-order valence-electron chi connectivity index (χ2n) is 13.7. The highest BCUT2D eigenvalue weighted by Crippen LogP contribution is 2.46. The van der Waals surface area contributed by atoms with Crippen molar-refractivity contribution in [2.75, 3.05) is 0 Å². The molecule has 0 fully saturated rings. The van der Waals surface area contributed by atoms with Crippen LogP contribution in [-0.4, -0.2) is 19.1 Å². The fraction of sp³-hybridized carbons (Fsp3) is 0. The molecule has 0 spiro atoms. The van der Waals surface area contributed by atoms with E-state index in [1.165, 1.54) is 21.5 Å². The molecule has 5 heteroatoms. The predicted molar refractivity (Wildman–Crippen MR) is 218 cm³/mol. The van der Waals surface area contributed by atoms with Crippen molar-refractivity contribution in [2.45, 2.75) is 0 Å². The summed E-state index contributed by atoms with van der Waals surface area (Å²) in [6.07, 6.45) is 0. The summed E-state index contributed by atoms with van der Waals surface area (Å²) in [5, 5.41) is 10.2. The highest BCUT2D eigenvalue weighted by molar-refractivity contribution is 6.31. The molecule has 0 saturated carbocycles. The van der Waals surface area contributed by atoms with Crippen LogP contribution in [0.2, 0.25) is 0 Å². The van der Waals surface area contributed by atoms with E-state index in [1.54, 1.807) is 0 Å². The van der Waals surface area contributed by atoms with Crippen molar-refractivity contribution in [2.24, 2.45) is 0 Å². The Morgan fingerprint density at radius 2 is 1.09 bits per heavy atom. The maximum atomic E-state index is 6.49. The summed E-state index contributed by atoms with van der Waals surface area (Å²) in [5.74, 6) is 0.622. The SMILES string of the molecule is c1ccc(-c2nc(-n3c4ccc5oc6ccccc6c5c4c4ccc5c6ccccc6n(-c6cccc7ccccc67)c5c43)nc3ccccc23)cc1. The van der Waals surface area contributed by atoms with Crippen LogP contribution in [0.1, 0.15) is 0 Å². The van der Waals surface area contributed by atoms with E-state index in [9.17, 15) is 0 Å². The summed E-state index contributed by atoms with van der Waals surface area (Å²) in [7, 11) is 0. The highest BCUT2D eigenvalue weighted by Gasteiger charge is 2.26. The number of rotatable bonds is 3. The van der Waals surface area contributed by atoms with Crippen molar-refractivity contribution >= 4 is 87.2 Å². The summed E-state index contributed by atoms with van der Waals surface area (Å²) in [4.78, 5) is 10.8. The molecule has 0 aliphatic carbocycles. The van der Waals surface area contributed by atoms with Crippen LogP contribution in [0.15, 0.2) is 174 Å². The zero-order chi connectivity index (χ0) is 34.6. The molecule has 12 aromatic rings. The number of hydrogen-bond donors (Lipinski definition) is 0. The van der Waals surface area contributed by atoms with Gasteiger partial charge in [-0.25, -0.2) is 9.97 Å². The van der Waals surface area contributed by atoms with Gasteiger partial charge in [0, 0.05) is 48.7 Å². The summed E-state index contributed by atoms with van der Waals surface area (Å²) < 4.78 is 11.2. The Labute approximate surface area is 302 Å². The maximum Gasteiger partial charge on any atom is 0.235 e. The Morgan fingerprint density at radius 3 is 2.00 bits per heavy atom. The minimum Gasteiger partial charge on any atom is -0.456 e. The van der Waals surface area contributed by atoms with Crippen LogP contribution < -0.4 is 0 Å². The van der Waals surface area contributed by atoms with Gasteiger partial charge >= 0.3 is 0 Å². The Balaban J connectivity index is 1.35. The molecule has 5 nitrogen and oxygen atoms in total. The van der Waals surface area contributed by atoms with Crippen molar-refractivity contribution in [1.29, 1.82) is 0 Å². The topological polar surface area (TPSA) is 48.8 Å². The molecular formula is C48H28N4O. The Bertz CT molecular complexity index is 3450. The van der Waals surface area contributed by atoms with Gasteiger partial charge in [0.15, 0.2) is 0 Å². The molecule has 0 amide bonds. The van der Waals surface area contributed by atoms with Gasteiger partial charge in [-0.15, -0.1) is 0 Å². The van der Waals surface area contributed by atoms with Crippen LogP contribution in [-0.2, 0) is 0 Å². The molecule has 0 unspecified atom stereocenters. The minimum atomic E-state index is 0.622. The average Bonchev–Trinajstić information content (AvgIpc) is 3.88. The van der Waals surface area contributed by atoms with Crippen LogP contribution in [0.4, 0.5) is 0 Å². The lowest BCUT2D eigenvalue weighted by Crippen LogP contribution is -2.05. The maximum absolute atomic E-state index is 6.49. The van der Waals surface area contributed by atoms with E-state index >= 15 is 0 Å². The second kappa shape index (κ2) is 10.6. The van der Waals surface area contributed by atoms with E-state index in [1.807, 2.05) is 12.1 Å². The number of hydrogen-bond acceptors (Lipinski definition) is 3. The van der Waals surface area contributed by atoms with E-state index in [0.717, 1.165) is 82.6 Å². The summed E-state index contributed by atoms with van der Waals surface area (Å²) in [6.45, 7) is 0. The van der Waals surface area contributed by atoms with E-state index < -0.39 is 0 Å². The lowest BCUT2D eigenvalue weighted by molar-refractivity contribution is 0.669. The molecule has 0 saturated heterocycles. The molecule has 53 heavy (non-hydrogen) atoms. The fourth-order valence-corrected chi connectivity index (χ4v) is 8.70. The Hall–Kier alpha value is -7.24. The van der Waals surface area contributed by atoms with Crippen LogP contribution in [0.25, 0.3) is 110 Å². The van der Waals surface area contributed by atoms with Crippen LogP contribution in [0.3, 0.4) is 0 Å². The number of nitrogens with zero attached hydrogens (tertiary/aromatic N) is 4. The molecule has 8 aromatic carbocycles. The largest absolute Gasteiger partial charge is 0.456 e. The molecule has 4 heterocycles. The fourth-order valence-electron chi connectivity index (χ4n) is 8.70. The van der Waals surface area contributed by atoms with Crippen LogP contribution >= 0.6 is 0 Å². The molecule has 246 valence electrons. The van der Waals surface area contributed by atoms with E-state index in [-0.39, 0.29) is 0 Å². The first-order valence-corrected chi connectivity index (χ1v) is 17.9. The Kier molecular flexibility index (Phi) is 5.71. The molecule has 0 radical (unpaired) electrons. The van der Waals surface area contributed by atoms with Gasteiger partial charge in [-0.1, -0.05) is 133 Å². The van der Waals surface area contributed by atoms with Crippen molar-refractivity contribution in [3.8, 4) is 22.9 Å². The quantitative estimate of drug-likeness (QED) is 0.187. The molecular weight excluding hydrogens is 649 g/mol. The zero-order valence-electron chi connectivity index (χ0n) is 28.4. The van der Waals surface area contributed by atoms with Crippen molar-refractivity contribution < 1.29 is 4.42 Å². The van der Waals surface area contributed by atoms with Gasteiger partial charge in [-0.3, -0.25) is 4.57 Å². The third-order valence-electron chi connectivity index (χ3n) is 10.9. The lowest BCUT2D eigenvalue weighted by atomic mass is 10.0. The number of aromatic nitrogens is 4. The van der Waals surface area contributed by atoms with E-state index in [2.05, 4.69) is 167 Å². The minimum absolute atomic E-state index is 0.622. The summed E-state index contributed by atoms with van der Waals surface area (Å²) in [5.41, 5.74) is 10.0. The zero-order valence-corrected chi connectivity index (χ0v) is 28.4. The van der Waals surface area contributed by atoms with Crippen LogP contribution in [0, 0.1) is 0 Å². The third kappa shape index (κ3) is 3.91. The van der Waals surface area contributed by atoms with E-state index in [0.29, 0.717) is 5.95 Å². The normalized spacial score (nSPS) is 12.2. The average molecular weight is 677 g/mol. The van der Waals surface area contributed by atoms with Crippen molar-refractivity contribution in [3.63, 3.8) is 0 Å². The number of para-hydroxylation sites is 3. The van der Waals surface area contributed by atoms with Gasteiger partial charge in [0.25, 0.3) is 0 Å². The number of furan rings is 1. The third-order valence-corrected chi connectivity index (χ3v) is 10.9. The smallest absolute Gasteiger partial charge is 0.235 e. The highest BCUT2D eigenvalue weighted by atomic mass is 16.3. The van der Waals surface area contributed by atoms with E-state index in [4.69, 9.17) is 14.4 Å².